The highest BCUT2D eigenvalue weighted by molar-refractivity contribution is 7.99. The van der Waals surface area contributed by atoms with Gasteiger partial charge in [0.15, 0.2) is 0 Å². The zero-order chi connectivity index (χ0) is 15.6. The molecule has 0 radical (unpaired) electrons. The highest BCUT2D eigenvalue weighted by Crippen LogP contribution is 2.34. The van der Waals surface area contributed by atoms with E-state index in [1.807, 2.05) is 0 Å². The lowest BCUT2D eigenvalue weighted by atomic mass is 10.2. The molecule has 0 saturated heterocycles. The van der Waals surface area contributed by atoms with Gasteiger partial charge in [0.2, 0.25) is 0 Å². The van der Waals surface area contributed by atoms with E-state index < -0.39 is 17.8 Å². The van der Waals surface area contributed by atoms with E-state index in [0.29, 0.717) is 4.90 Å². The van der Waals surface area contributed by atoms with Crippen molar-refractivity contribution in [3.8, 4) is 0 Å². The van der Waals surface area contributed by atoms with Gasteiger partial charge >= 0.3 is 11.9 Å². The van der Waals surface area contributed by atoms with Gasteiger partial charge in [0.25, 0.3) is 0 Å². The highest BCUT2D eigenvalue weighted by atomic mass is 35.5. The van der Waals surface area contributed by atoms with Crippen LogP contribution in [0.25, 0.3) is 0 Å². The molecule has 2 N–H and O–H groups in total. The Balaban J connectivity index is 2.48. The summed E-state index contributed by atoms with van der Waals surface area (Å²) >= 11 is 6.68. The third-order valence-corrected chi connectivity index (χ3v) is 3.95. The summed E-state index contributed by atoms with van der Waals surface area (Å²) in [5, 5.41) is 18.5. The monoisotopic (exact) mass is 326 g/mol. The van der Waals surface area contributed by atoms with Gasteiger partial charge in [-0.2, -0.15) is 0 Å². The van der Waals surface area contributed by atoms with Crippen molar-refractivity contribution in [2.24, 2.45) is 0 Å². The Kier molecular flexibility index (Phi) is 4.50. The first-order chi connectivity index (χ1) is 9.88. The Labute approximate surface area is 128 Å². The van der Waals surface area contributed by atoms with E-state index in [1.165, 1.54) is 24.3 Å². The summed E-state index contributed by atoms with van der Waals surface area (Å²) in [6.45, 7) is 0. The van der Waals surface area contributed by atoms with Crippen LogP contribution in [0, 0.1) is 5.82 Å². The van der Waals surface area contributed by atoms with E-state index >= 15 is 0 Å². The zero-order valence-electron chi connectivity index (χ0n) is 10.3. The van der Waals surface area contributed by atoms with Gasteiger partial charge in [-0.1, -0.05) is 23.4 Å². The molecule has 0 spiro atoms. The van der Waals surface area contributed by atoms with Crippen LogP contribution in [0.3, 0.4) is 0 Å². The fourth-order valence-corrected chi connectivity index (χ4v) is 2.83. The van der Waals surface area contributed by atoms with Crippen molar-refractivity contribution in [1.82, 2.24) is 0 Å². The van der Waals surface area contributed by atoms with Crippen molar-refractivity contribution in [1.29, 1.82) is 0 Å². The summed E-state index contributed by atoms with van der Waals surface area (Å²) < 4.78 is 13.1. The van der Waals surface area contributed by atoms with Crippen molar-refractivity contribution in [2.75, 3.05) is 0 Å². The first-order valence-corrected chi connectivity index (χ1v) is 6.81. The van der Waals surface area contributed by atoms with Gasteiger partial charge < -0.3 is 10.2 Å². The molecular weight excluding hydrogens is 319 g/mol. The third-order valence-electron chi connectivity index (χ3n) is 2.56. The number of carbonyl (C=O) groups is 2. The summed E-state index contributed by atoms with van der Waals surface area (Å²) in [7, 11) is 0. The summed E-state index contributed by atoms with van der Waals surface area (Å²) in [6.07, 6.45) is 0. The maximum atomic E-state index is 13.1. The molecule has 0 aromatic heterocycles. The number of benzene rings is 2. The van der Waals surface area contributed by atoms with E-state index in [2.05, 4.69) is 0 Å². The predicted octanol–water partition coefficient (Wildman–Crippen LogP) is 4.03. The van der Waals surface area contributed by atoms with Crippen LogP contribution in [0.2, 0.25) is 5.02 Å². The van der Waals surface area contributed by atoms with Crippen LogP contribution in [-0.2, 0) is 0 Å². The molecule has 0 fully saturated rings. The number of rotatable bonds is 4. The van der Waals surface area contributed by atoms with Crippen LogP contribution >= 0.6 is 23.4 Å². The van der Waals surface area contributed by atoms with Crippen molar-refractivity contribution in [2.45, 2.75) is 9.79 Å². The quantitative estimate of drug-likeness (QED) is 0.887. The topological polar surface area (TPSA) is 74.6 Å². The number of aromatic carboxylic acids is 2. The molecule has 0 heterocycles. The van der Waals surface area contributed by atoms with Gasteiger partial charge in [-0.15, -0.1) is 0 Å². The molecule has 0 unspecified atom stereocenters. The molecule has 2 rings (SSSR count). The minimum absolute atomic E-state index is 0.0480. The number of carboxylic acid groups (broad SMARTS) is 2. The maximum Gasteiger partial charge on any atom is 0.336 e. The molecule has 2 aromatic rings. The molecule has 0 bridgehead atoms. The number of halogens is 2. The van der Waals surface area contributed by atoms with Gasteiger partial charge in [-0.3, -0.25) is 0 Å². The van der Waals surface area contributed by atoms with Gasteiger partial charge in [-0.25, -0.2) is 14.0 Å². The first-order valence-electron chi connectivity index (χ1n) is 5.62. The Hall–Kier alpha value is -2.05. The SMILES string of the molecule is O=C(O)c1cc(F)ccc1Sc1ccc(Cl)cc1C(=O)O. The third kappa shape index (κ3) is 3.53. The molecule has 7 heteroatoms. The smallest absolute Gasteiger partial charge is 0.336 e. The van der Waals surface area contributed by atoms with Crippen LogP contribution < -0.4 is 0 Å². The molecule has 4 nitrogen and oxygen atoms in total. The molecule has 0 aliphatic heterocycles. The standard InChI is InChI=1S/C14H8ClFO4S/c15-7-1-3-11(9(5-7)13(17)18)21-12-4-2-8(16)6-10(12)14(19)20/h1-6H,(H,17,18)(H,19,20). The molecule has 21 heavy (non-hydrogen) atoms. The lowest BCUT2D eigenvalue weighted by Crippen LogP contribution is -2.02. The molecule has 2 aromatic carbocycles. The van der Waals surface area contributed by atoms with Gasteiger partial charge in [0, 0.05) is 14.8 Å². The number of carboxylic acids is 2. The van der Waals surface area contributed by atoms with Gasteiger partial charge in [-0.05, 0) is 36.4 Å². The first kappa shape index (κ1) is 15.3. The summed E-state index contributed by atoms with van der Waals surface area (Å²) in [4.78, 5) is 22.9. The normalized spacial score (nSPS) is 10.4. The lowest BCUT2D eigenvalue weighted by molar-refractivity contribution is 0.0683. The maximum absolute atomic E-state index is 13.1. The fourth-order valence-electron chi connectivity index (χ4n) is 1.64. The van der Waals surface area contributed by atoms with E-state index in [4.69, 9.17) is 21.8 Å². The lowest BCUT2D eigenvalue weighted by Gasteiger charge is -2.09. The molecule has 0 saturated carbocycles. The predicted molar refractivity (Wildman–Crippen MR) is 75.9 cm³/mol. The molecule has 0 aliphatic carbocycles. The Morgan fingerprint density at radius 3 is 2.05 bits per heavy atom. The Bertz CT molecular complexity index is 671. The zero-order valence-corrected chi connectivity index (χ0v) is 11.9. The largest absolute Gasteiger partial charge is 0.478 e. The molecular formula is C14H8ClFO4S. The summed E-state index contributed by atoms with van der Waals surface area (Å²) in [5.74, 6) is -3.15. The minimum atomic E-state index is -1.29. The van der Waals surface area contributed by atoms with E-state index in [9.17, 15) is 14.0 Å². The molecule has 0 amide bonds. The second kappa shape index (κ2) is 6.15. The average molecular weight is 327 g/mol. The van der Waals surface area contributed by atoms with Crippen LogP contribution in [0.1, 0.15) is 20.7 Å². The molecule has 108 valence electrons. The highest BCUT2D eigenvalue weighted by Gasteiger charge is 2.16. The van der Waals surface area contributed by atoms with E-state index in [1.54, 1.807) is 0 Å². The average Bonchev–Trinajstić information content (AvgIpc) is 2.42. The van der Waals surface area contributed by atoms with Crippen LogP contribution in [0.4, 0.5) is 4.39 Å². The van der Waals surface area contributed by atoms with E-state index in [0.717, 1.165) is 23.9 Å². The Morgan fingerprint density at radius 1 is 0.952 bits per heavy atom. The van der Waals surface area contributed by atoms with Crippen molar-refractivity contribution < 1.29 is 24.2 Å². The van der Waals surface area contributed by atoms with Crippen molar-refractivity contribution in [3.05, 3.63) is 58.4 Å². The van der Waals surface area contributed by atoms with E-state index in [-0.39, 0.29) is 21.0 Å². The van der Waals surface area contributed by atoms with Crippen molar-refractivity contribution in [3.63, 3.8) is 0 Å². The Morgan fingerprint density at radius 2 is 1.48 bits per heavy atom. The summed E-state index contributed by atoms with van der Waals surface area (Å²) in [5.41, 5.74) is -0.278. The molecule has 0 aliphatic rings. The number of hydrogen-bond acceptors (Lipinski definition) is 3. The van der Waals surface area contributed by atoms with Gasteiger partial charge in [0.1, 0.15) is 5.82 Å². The minimum Gasteiger partial charge on any atom is -0.478 e. The van der Waals surface area contributed by atoms with Crippen LogP contribution in [-0.4, -0.2) is 22.2 Å². The fraction of sp³-hybridized carbons (Fsp3) is 0. The van der Waals surface area contributed by atoms with Gasteiger partial charge in [0.05, 0.1) is 11.1 Å². The second-order valence-corrected chi connectivity index (χ2v) is 5.51. The number of hydrogen-bond donors (Lipinski definition) is 2. The second-order valence-electron chi connectivity index (χ2n) is 3.99. The molecule has 0 atom stereocenters. The summed E-state index contributed by atoms with van der Waals surface area (Å²) in [6, 6.07) is 7.55. The van der Waals surface area contributed by atoms with Crippen LogP contribution in [0.5, 0.6) is 0 Å². The van der Waals surface area contributed by atoms with Crippen molar-refractivity contribution >= 4 is 35.3 Å². The van der Waals surface area contributed by atoms with Crippen LogP contribution in [0.15, 0.2) is 46.2 Å².